The summed E-state index contributed by atoms with van der Waals surface area (Å²) in [6, 6.07) is 11.4. The Morgan fingerprint density at radius 1 is 1.04 bits per heavy atom. The maximum Gasteiger partial charge on any atom is 0.446 e. The number of rotatable bonds is 4. The summed E-state index contributed by atoms with van der Waals surface area (Å²) in [6.07, 6.45) is 1.45. The second-order valence-corrected chi connectivity index (χ2v) is 6.93. The molecule has 3 nitrogen and oxygen atoms in total. The van der Waals surface area contributed by atoms with Gasteiger partial charge >= 0.3 is 5.51 Å². The fourth-order valence-electron chi connectivity index (χ4n) is 2.30. The Labute approximate surface area is 155 Å². The lowest BCUT2D eigenvalue weighted by atomic mass is 10.2. The molecule has 0 N–H and O–H groups in total. The maximum atomic E-state index is 12.7. The van der Waals surface area contributed by atoms with Gasteiger partial charge in [0.1, 0.15) is 6.33 Å². The average Bonchev–Trinajstić information content (AvgIpc) is 2.98. The Morgan fingerprint density at radius 3 is 2.56 bits per heavy atom. The smallest absolute Gasteiger partial charge is 0.309 e. The molecule has 1 heterocycles. The van der Waals surface area contributed by atoms with Gasteiger partial charge in [-0.25, -0.2) is 0 Å². The number of alkyl halides is 3. The van der Waals surface area contributed by atoms with Gasteiger partial charge in [0.05, 0.1) is 16.6 Å². The molecule has 130 valence electrons. The second-order valence-electron chi connectivity index (χ2n) is 5.04. The molecule has 0 fully saturated rings. The van der Waals surface area contributed by atoms with E-state index in [-0.39, 0.29) is 23.2 Å². The number of thioether (sulfide) groups is 1. The van der Waals surface area contributed by atoms with Crippen LogP contribution in [0.25, 0.3) is 11.4 Å². The van der Waals surface area contributed by atoms with E-state index in [1.165, 1.54) is 12.4 Å². The van der Waals surface area contributed by atoms with Gasteiger partial charge in [-0.3, -0.25) is 0 Å². The molecule has 0 bridgehead atoms. The van der Waals surface area contributed by atoms with Crippen LogP contribution >= 0.6 is 35.0 Å². The van der Waals surface area contributed by atoms with Crippen molar-refractivity contribution in [2.24, 2.45) is 0 Å². The number of benzene rings is 2. The van der Waals surface area contributed by atoms with Crippen molar-refractivity contribution in [3.8, 4) is 11.4 Å². The maximum absolute atomic E-state index is 12.7. The van der Waals surface area contributed by atoms with Crippen molar-refractivity contribution < 1.29 is 13.2 Å². The van der Waals surface area contributed by atoms with E-state index in [0.29, 0.717) is 27.0 Å². The Kier molecular flexibility index (Phi) is 5.27. The third-order valence-corrected chi connectivity index (χ3v) is 5.02. The molecular weight excluding hydrogens is 394 g/mol. The van der Waals surface area contributed by atoms with Gasteiger partial charge in [-0.05, 0) is 35.5 Å². The summed E-state index contributed by atoms with van der Waals surface area (Å²) in [5.41, 5.74) is -3.29. The molecule has 0 aliphatic heterocycles. The zero-order valence-corrected chi connectivity index (χ0v) is 14.8. The standard InChI is InChI=1S/C16H10Cl2F3N3S/c17-12-6-3-5-11(14(12)18)15-23-22-9-24(15)8-10-4-1-2-7-13(10)25-16(19,20)21/h1-7,9H,8H2. The fourth-order valence-corrected chi connectivity index (χ4v) is 3.34. The number of nitrogens with zero attached hydrogens (tertiary/aromatic N) is 3. The van der Waals surface area contributed by atoms with Gasteiger partial charge in [0.2, 0.25) is 0 Å². The lowest BCUT2D eigenvalue weighted by Crippen LogP contribution is -2.05. The molecule has 0 spiro atoms. The Hall–Kier alpha value is -1.70. The minimum Gasteiger partial charge on any atom is -0.309 e. The van der Waals surface area contributed by atoms with Crippen LogP contribution in [-0.4, -0.2) is 20.3 Å². The molecule has 0 aliphatic rings. The fraction of sp³-hybridized carbons (Fsp3) is 0.125. The zero-order valence-electron chi connectivity index (χ0n) is 12.5. The molecule has 3 aromatic rings. The van der Waals surface area contributed by atoms with Crippen molar-refractivity contribution in [2.45, 2.75) is 16.9 Å². The van der Waals surface area contributed by atoms with Crippen molar-refractivity contribution >= 4 is 35.0 Å². The van der Waals surface area contributed by atoms with Crippen molar-refractivity contribution in [2.75, 3.05) is 0 Å². The lowest BCUT2D eigenvalue weighted by Gasteiger charge is -2.13. The monoisotopic (exact) mass is 403 g/mol. The van der Waals surface area contributed by atoms with E-state index in [4.69, 9.17) is 23.2 Å². The third kappa shape index (κ3) is 4.29. The topological polar surface area (TPSA) is 30.7 Å². The molecular formula is C16H10Cl2F3N3S. The SMILES string of the molecule is FC(F)(F)Sc1ccccc1Cn1cnnc1-c1cccc(Cl)c1Cl. The van der Waals surface area contributed by atoms with E-state index in [9.17, 15) is 13.2 Å². The van der Waals surface area contributed by atoms with Crippen LogP contribution in [0.1, 0.15) is 5.56 Å². The van der Waals surface area contributed by atoms with E-state index in [1.807, 2.05) is 0 Å². The molecule has 3 rings (SSSR count). The largest absolute Gasteiger partial charge is 0.446 e. The van der Waals surface area contributed by atoms with Crippen LogP contribution in [0.2, 0.25) is 10.0 Å². The van der Waals surface area contributed by atoms with Crippen LogP contribution in [0.5, 0.6) is 0 Å². The van der Waals surface area contributed by atoms with Crippen LogP contribution in [0.3, 0.4) is 0 Å². The summed E-state index contributed by atoms with van der Waals surface area (Å²) in [7, 11) is 0. The third-order valence-electron chi connectivity index (χ3n) is 3.35. The lowest BCUT2D eigenvalue weighted by molar-refractivity contribution is -0.0328. The van der Waals surface area contributed by atoms with Crippen molar-refractivity contribution in [3.05, 3.63) is 64.4 Å². The van der Waals surface area contributed by atoms with Gasteiger partial charge in [0.25, 0.3) is 0 Å². The molecule has 0 amide bonds. The van der Waals surface area contributed by atoms with E-state index in [0.717, 1.165) is 0 Å². The summed E-state index contributed by atoms with van der Waals surface area (Å²) >= 11 is 12.1. The predicted octanol–water partition coefficient (Wildman–Crippen LogP) is 5.91. The highest BCUT2D eigenvalue weighted by Crippen LogP contribution is 2.39. The van der Waals surface area contributed by atoms with Crippen LogP contribution in [-0.2, 0) is 6.54 Å². The van der Waals surface area contributed by atoms with Crippen molar-refractivity contribution in [3.63, 3.8) is 0 Å². The first-order valence-electron chi connectivity index (χ1n) is 7.01. The van der Waals surface area contributed by atoms with Crippen LogP contribution < -0.4 is 0 Å². The second kappa shape index (κ2) is 7.27. The Morgan fingerprint density at radius 2 is 1.80 bits per heavy atom. The number of hydrogen-bond donors (Lipinski definition) is 0. The van der Waals surface area contributed by atoms with E-state index in [1.54, 1.807) is 41.0 Å². The Balaban J connectivity index is 1.97. The molecule has 0 atom stereocenters. The normalized spacial score (nSPS) is 11.7. The predicted molar refractivity (Wildman–Crippen MR) is 92.9 cm³/mol. The molecule has 0 saturated heterocycles. The van der Waals surface area contributed by atoms with Gasteiger partial charge in [-0.2, -0.15) is 13.2 Å². The molecule has 9 heteroatoms. The zero-order chi connectivity index (χ0) is 18.0. The molecule has 2 aromatic carbocycles. The minimum absolute atomic E-state index is 0.131. The van der Waals surface area contributed by atoms with E-state index < -0.39 is 5.51 Å². The molecule has 0 radical (unpaired) electrons. The first-order valence-corrected chi connectivity index (χ1v) is 8.58. The number of halogens is 5. The number of hydrogen-bond acceptors (Lipinski definition) is 3. The minimum atomic E-state index is -4.36. The first kappa shape index (κ1) is 18.1. The molecule has 0 aliphatic carbocycles. The van der Waals surface area contributed by atoms with Crippen molar-refractivity contribution in [1.29, 1.82) is 0 Å². The van der Waals surface area contributed by atoms with Gasteiger partial charge in [-0.1, -0.05) is 47.5 Å². The highest BCUT2D eigenvalue weighted by Gasteiger charge is 2.30. The highest BCUT2D eigenvalue weighted by molar-refractivity contribution is 8.00. The van der Waals surface area contributed by atoms with Crippen LogP contribution in [0, 0.1) is 0 Å². The van der Waals surface area contributed by atoms with Crippen molar-refractivity contribution in [1.82, 2.24) is 14.8 Å². The summed E-state index contributed by atoms with van der Waals surface area (Å²) in [4.78, 5) is 0.131. The summed E-state index contributed by atoms with van der Waals surface area (Å²) in [5.74, 6) is 0.430. The van der Waals surface area contributed by atoms with Gasteiger partial charge in [0.15, 0.2) is 5.82 Å². The van der Waals surface area contributed by atoms with E-state index in [2.05, 4.69) is 10.2 Å². The molecule has 0 unspecified atom stereocenters. The van der Waals surface area contributed by atoms with Crippen LogP contribution in [0.15, 0.2) is 53.7 Å². The van der Waals surface area contributed by atoms with Gasteiger partial charge in [0, 0.05) is 10.5 Å². The quantitative estimate of drug-likeness (QED) is 0.507. The molecule has 25 heavy (non-hydrogen) atoms. The molecule has 1 aromatic heterocycles. The number of aromatic nitrogens is 3. The van der Waals surface area contributed by atoms with Gasteiger partial charge < -0.3 is 4.57 Å². The first-order chi connectivity index (χ1) is 11.8. The summed E-state index contributed by atoms with van der Waals surface area (Å²) in [5, 5.41) is 8.56. The Bertz CT molecular complexity index is 896. The highest BCUT2D eigenvalue weighted by atomic mass is 35.5. The molecule has 0 saturated carbocycles. The van der Waals surface area contributed by atoms with E-state index >= 15 is 0 Å². The average molecular weight is 404 g/mol. The van der Waals surface area contributed by atoms with Crippen LogP contribution in [0.4, 0.5) is 13.2 Å². The summed E-state index contributed by atoms with van der Waals surface area (Å²) in [6.45, 7) is 0.171. The van der Waals surface area contributed by atoms with Gasteiger partial charge in [-0.15, -0.1) is 10.2 Å². The summed E-state index contributed by atoms with van der Waals surface area (Å²) < 4.78 is 39.9.